The van der Waals surface area contributed by atoms with Crippen LogP contribution in [0.1, 0.15) is 25.8 Å². The topological polar surface area (TPSA) is 105 Å². The zero-order chi connectivity index (χ0) is 19.7. The molecule has 0 heterocycles. The van der Waals surface area contributed by atoms with Crippen LogP contribution in [0.25, 0.3) is 0 Å². The standard InChI is InChI=1S/C18H27N2O5P/c1-12(2)9-14(11-26(23)24)17(21)20-16(18(22)19-3)10-13-5-7-15(25-4)8-6-13/h5-8,12,14,16H,9-11H2,1-4H3,(H2-,19,20,21,22,23,24)/p+1. The average molecular weight is 383 g/mol. The molecule has 8 heteroatoms. The van der Waals surface area contributed by atoms with Crippen molar-refractivity contribution in [1.29, 1.82) is 0 Å². The fourth-order valence-electron chi connectivity index (χ4n) is 2.69. The number of methoxy groups -OCH3 is 1. The Labute approximate surface area is 155 Å². The Morgan fingerprint density at radius 2 is 1.81 bits per heavy atom. The number of hydrogen-bond donors (Lipinski definition) is 3. The van der Waals surface area contributed by atoms with E-state index in [1.54, 1.807) is 19.2 Å². The number of likely N-dealkylation sites (N-methyl/N-ethyl adjacent to an activating group) is 1. The Morgan fingerprint density at radius 3 is 2.27 bits per heavy atom. The van der Waals surface area contributed by atoms with Crippen molar-refractivity contribution in [3.63, 3.8) is 0 Å². The highest BCUT2D eigenvalue weighted by Gasteiger charge is 2.31. The number of rotatable bonds is 10. The maximum Gasteiger partial charge on any atom is 0.506 e. The van der Waals surface area contributed by atoms with Gasteiger partial charge in [0.1, 0.15) is 11.8 Å². The zero-order valence-corrected chi connectivity index (χ0v) is 16.6. The van der Waals surface area contributed by atoms with Crippen LogP contribution in [-0.4, -0.2) is 43.1 Å². The van der Waals surface area contributed by atoms with Gasteiger partial charge in [-0.1, -0.05) is 26.0 Å². The van der Waals surface area contributed by atoms with Gasteiger partial charge in [-0.15, -0.1) is 0 Å². The van der Waals surface area contributed by atoms with Gasteiger partial charge in [0.25, 0.3) is 0 Å². The quantitative estimate of drug-likeness (QED) is 0.535. The lowest BCUT2D eigenvalue weighted by atomic mass is 9.97. The number of carbonyl (C=O) groups excluding carboxylic acids is 2. The minimum atomic E-state index is -2.43. The molecule has 144 valence electrons. The summed E-state index contributed by atoms with van der Waals surface area (Å²) in [7, 11) is 0.653. The van der Waals surface area contributed by atoms with Gasteiger partial charge < -0.3 is 15.4 Å². The van der Waals surface area contributed by atoms with Gasteiger partial charge in [-0.25, -0.2) is 0 Å². The normalized spacial score (nSPS) is 13.7. The summed E-state index contributed by atoms with van der Waals surface area (Å²) in [6.07, 6.45) is 0.688. The van der Waals surface area contributed by atoms with Crippen molar-refractivity contribution in [3.05, 3.63) is 29.8 Å². The van der Waals surface area contributed by atoms with Gasteiger partial charge in [0.05, 0.1) is 13.0 Å². The highest BCUT2D eigenvalue weighted by atomic mass is 31.1. The maximum atomic E-state index is 12.6. The zero-order valence-electron chi connectivity index (χ0n) is 15.7. The molecule has 0 spiro atoms. The van der Waals surface area contributed by atoms with Crippen LogP contribution in [0, 0.1) is 11.8 Å². The van der Waals surface area contributed by atoms with Gasteiger partial charge in [-0.3, -0.25) is 9.59 Å². The molecule has 0 aromatic heterocycles. The molecule has 0 bridgehead atoms. The van der Waals surface area contributed by atoms with Gasteiger partial charge in [0.15, 0.2) is 6.16 Å². The summed E-state index contributed by atoms with van der Waals surface area (Å²) in [5.74, 6) is -0.394. The predicted molar refractivity (Wildman–Crippen MR) is 100 cm³/mol. The lowest BCUT2D eigenvalue weighted by Gasteiger charge is -2.21. The van der Waals surface area contributed by atoms with Crippen LogP contribution >= 0.6 is 8.03 Å². The summed E-state index contributed by atoms with van der Waals surface area (Å²) in [6.45, 7) is 3.89. The Bertz CT molecular complexity index is 619. The molecule has 0 radical (unpaired) electrons. The maximum absolute atomic E-state index is 12.6. The van der Waals surface area contributed by atoms with E-state index < -0.39 is 20.0 Å². The summed E-state index contributed by atoms with van der Waals surface area (Å²) >= 11 is 0. The van der Waals surface area contributed by atoms with E-state index in [4.69, 9.17) is 4.74 Å². The second-order valence-electron chi connectivity index (χ2n) is 6.59. The van der Waals surface area contributed by atoms with Gasteiger partial charge in [0.2, 0.25) is 11.8 Å². The Hall–Kier alpha value is -1.98. The number of benzene rings is 1. The smallest absolute Gasteiger partial charge is 0.497 e. The fourth-order valence-corrected chi connectivity index (χ4v) is 3.38. The molecule has 3 atom stereocenters. The number of nitrogens with one attached hydrogen (secondary N) is 2. The second-order valence-corrected chi connectivity index (χ2v) is 7.66. The first-order valence-electron chi connectivity index (χ1n) is 8.55. The molecule has 1 aromatic rings. The Kier molecular flexibility index (Phi) is 9.24. The molecule has 2 amide bonds. The van der Waals surface area contributed by atoms with E-state index in [-0.39, 0.29) is 23.9 Å². The van der Waals surface area contributed by atoms with Gasteiger partial charge in [0, 0.05) is 13.5 Å². The van der Waals surface area contributed by atoms with Crippen molar-refractivity contribution in [2.45, 2.75) is 32.7 Å². The third-order valence-corrected chi connectivity index (χ3v) is 4.73. The van der Waals surface area contributed by atoms with Crippen LogP contribution in [0.3, 0.4) is 0 Å². The third-order valence-electron chi connectivity index (χ3n) is 3.98. The molecule has 1 aromatic carbocycles. The molecule has 0 aliphatic carbocycles. The lowest BCUT2D eigenvalue weighted by molar-refractivity contribution is -0.130. The van der Waals surface area contributed by atoms with Crippen molar-refractivity contribution in [3.8, 4) is 5.75 Å². The third kappa shape index (κ3) is 7.50. The molecular formula is C18H28N2O5P+. The lowest BCUT2D eigenvalue weighted by Crippen LogP contribution is -2.49. The molecule has 1 rings (SSSR count). The number of amides is 2. The largest absolute Gasteiger partial charge is 0.506 e. The summed E-state index contributed by atoms with van der Waals surface area (Å²) in [5, 5.41) is 5.28. The minimum absolute atomic E-state index is 0.109. The van der Waals surface area contributed by atoms with E-state index in [1.165, 1.54) is 7.05 Å². The van der Waals surface area contributed by atoms with E-state index in [1.807, 2.05) is 26.0 Å². The highest BCUT2D eigenvalue weighted by molar-refractivity contribution is 7.38. The van der Waals surface area contributed by atoms with E-state index in [0.29, 0.717) is 18.6 Å². The van der Waals surface area contributed by atoms with Crippen LogP contribution in [0.4, 0.5) is 0 Å². The average Bonchev–Trinajstić information content (AvgIpc) is 2.59. The van der Waals surface area contributed by atoms with Crippen LogP contribution in [0.2, 0.25) is 0 Å². The monoisotopic (exact) mass is 383 g/mol. The molecule has 0 fully saturated rings. The molecule has 0 aliphatic heterocycles. The Morgan fingerprint density at radius 1 is 1.19 bits per heavy atom. The molecule has 0 saturated heterocycles. The van der Waals surface area contributed by atoms with E-state index in [0.717, 1.165) is 5.56 Å². The first-order chi connectivity index (χ1) is 12.3. The van der Waals surface area contributed by atoms with Crippen molar-refractivity contribution in [2.75, 3.05) is 20.3 Å². The predicted octanol–water partition coefficient (Wildman–Crippen LogP) is 1.87. The highest BCUT2D eigenvalue weighted by Crippen LogP contribution is 2.24. The summed E-state index contributed by atoms with van der Waals surface area (Å²) in [5.41, 5.74) is 0.869. The molecular weight excluding hydrogens is 355 g/mol. The van der Waals surface area contributed by atoms with Gasteiger partial charge in [-0.05, 0) is 34.6 Å². The minimum Gasteiger partial charge on any atom is -0.497 e. The van der Waals surface area contributed by atoms with Gasteiger partial charge >= 0.3 is 8.03 Å². The summed E-state index contributed by atoms with van der Waals surface area (Å²) in [4.78, 5) is 34.0. The van der Waals surface area contributed by atoms with Crippen LogP contribution in [-0.2, 0) is 20.6 Å². The second kappa shape index (κ2) is 10.9. The number of ether oxygens (including phenoxy) is 1. The van der Waals surface area contributed by atoms with E-state index >= 15 is 0 Å². The van der Waals surface area contributed by atoms with Crippen molar-refractivity contribution in [2.24, 2.45) is 11.8 Å². The molecule has 0 aliphatic rings. The fraction of sp³-hybridized carbons (Fsp3) is 0.556. The van der Waals surface area contributed by atoms with Crippen LogP contribution in [0.5, 0.6) is 5.75 Å². The summed E-state index contributed by atoms with van der Waals surface area (Å²) < 4.78 is 16.3. The first kappa shape index (κ1) is 22.1. The summed E-state index contributed by atoms with van der Waals surface area (Å²) in [6, 6.07) is 6.48. The van der Waals surface area contributed by atoms with Gasteiger partial charge in [-0.2, -0.15) is 4.89 Å². The van der Waals surface area contributed by atoms with Crippen LogP contribution in [0.15, 0.2) is 24.3 Å². The Balaban J connectivity index is 2.88. The first-order valence-corrected chi connectivity index (χ1v) is 9.95. The van der Waals surface area contributed by atoms with Crippen LogP contribution < -0.4 is 15.4 Å². The molecule has 26 heavy (non-hydrogen) atoms. The molecule has 3 unspecified atom stereocenters. The molecule has 3 N–H and O–H groups in total. The number of carbonyl (C=O) groups is 2. The van der Waals surface area contributed by atoms with Crippen molar-refractivity contribution in [1.82, 2.24) is 10.6 Å². The molecule has 7 nitrogen and oxygen atoms in total. The van der Waals surface area contributed by atoms with E-state index in [2.05, 4.69) is 10.6 Å². The van der Waals surface area contributed by atoms with Crippen molar-refractivity contribution >= 4 is 19.8 Å². The SMILES string of the molecule is CNC(=O)C(Cc1ccc(OC)cc1)NC(=O)C(CC(C)C)C[P+](=O)O. The van der Waals surface area contributed by atoms with Crippen molar-refractivity contribution < 1.29 is 23.8 Å². The number of hydrogen-bond acceptors (Lipinski definition) is 4. The van der Waals surface area contributed by atoms with E-state index in [9.17, 15) is 19.0 Å². The molecule has 0 saturated carbocycles.